The van der Waals surface area contributed by atoms with Crippen molar-refractivity contribution in [2.75, 3.05) is 40.0 Å². The quantitative estimate of drug-likeness (QED) is 0.218. The van der Waals surface area contributed by atoms with E-state index in [1.807, 2.05) is 34.7 Å². The molecule has 0 aromatic heterocycles. The Hall–Kier alpha value is -1.87. The van der Waals surface area contributed by atoms with Crippen LogP contribution in [-0.4, -0.2) is 93.7 Å². The molecule has 2 atom stereocenters. The highest BCUT2D eigenvalue weighted by Gasteiger charge is 2.36. The number of nitrogens with one attached hydrogen (secondary N) is 2. The number of carbonyl (C=O) groups excluding carboxylic acids is 1. The number of methoxy groups -OCH3 is 1. The maximum atomic E-state index is 11.9. The first-order valence-corrected chi connectivity index (χ1v) is 17.2. The van der Waals surface area contributed by atoms with Crippen molar-refractivity contribution in [3.05, 3.63) is 0 Å². The van der Waals surface area contributed by atoms with Crippen molar-refractivity contribution in [3.63, 3.8) is 0 Å². The van der Waals surface area contributed by atoms with Gasteiger partial charge in [0.05, 0.1) is 24.2 Å². The van der Waals surface area contributed by atoms with Crippen LogP contribution in [0, 0.1) is 17.9 Å². The van der Waals surface area contributed by atoms with Gasteiger partial charge in [-0.1, -0.05) is 67.7 Å². The number of rotatable bonds is 9. The Morgan fingerprint density at radius 1 is 1.07 bits per heavy atom. The molecule has 10 nitrogen and oxygen atoms in total. The van der Waals surface area contributed by atoms with Gasteiger partial charge >= 0.3 is 5.97 Å². The smallest absolute Gasteiger partial charge is 0.320 e. The van der Waals surface area contributed by atoms with Crippen LogP contribution < -0.4 is 16.4 Å². The third-order valence-corrected chi connectivity index (χ3v) is 8.63. The van der Waals surface area contributed by atoms with E-state index in [2.05, 4.69) is 53.9 Å². The highest BCUT2D eigenvalue weighted by atomic mass is 32.2. The molecule has 1 aliphatic carbocycles. The second kappa shape index (κ2) is 29.2. The summed E-state index contributed by atoms with van der Waals surface area (Å²) in [5.74, 6) is 3.08. The Kier molecular flexibility index (Phi) is 32.7. The van der Waals surface area contributed by atoms with Gasteiger partial charge in [-0.2, -0.15) is 0 Å². The number of nitrogens with two attached hydrogens (primary N) is 1. The van der Waals surface area contributed by atoms with E-state index in [-0.39, 0.29) is 16.8 Å². The lowest BCUT2D eigenvalue weighted by atomic mass is 9.83. The number of aliphatic carboxylic acids is 1. The number of hydrogen-bond donors (Lipinski definition) is 4. The summed E-state index contributed by atoms with van der Waals surface area (Å²) < 4.78 is 28.5. The van der Waals surface area contributed by atoms with Crippen LogP contribution in [0.15, 0.2) is 0 Å². The largest absolute Gasteiger partial charge is 0.480 e. The first kappa shape index (κ1) is 47.1. The Morgan fingerprint density at radius 2 is 1.57 bits per heavy atom. The molecule has 0 aromatic carbocycles. The average Bonchev–Trinajstić information content (AvgIpc) is 3.47. The summed E-state index contributed by atoms with van der Waals surface area (Å²) in [5.41, 5.74) is 4.35. The second-order valence-electron chi connectivity index (χ2n) is 10.4. The van der Waals surface area contributed by atoms with E-state index in [0.717, 1.165) is 38.0 Å². The highest BCUT2D eigenvalue weighted by molar-refractivity contribution is 7.92. The molecule has 0 bridgehead atoms. The van der Waals surface area contributed by atoms with E-state index >= 15 is 0 Å². The van der Waals surface area contributed by atoms with Gasteiger partial charge in [0, 0.05) is 18.6 Å². The minimum Gasteiger partial charge on any atom is -0.480 e. The van der Waals surface area contributed by atoms with Crippen LogP contribution in [0.4, 0.5) is 0 Å². The summed E-state index contributed by atoms with van der Waals surface area (Å²) in [6.07, 6.45) is 9.99. The highest BCUT2D eigenvalue weighted by Crippen LogP contribution is 2.30. The van der Waals surface area contributed by atoms with Crippen LogP contribution >= 0.6 is 0 Å². The molecule has 1 aliphatic heterocycles. The van der Waals surface area contributed by atoms with Gasteiger partial charge in [-0.15, -0.1) is 0 Å². The molecule has 1 amide bonds. The molecule has 1 saturated carbocycles. The molecule has 1 heterocycles. The van der Waals surface area contributed by atoms with Gasteiger partial charge in [0.15, 0.2) is 9.84 Å². The summed E-state index contributed by atoms with van der Waals surface area (Å²) >= 11 is 0. The Morgan fingerprint density at radius 3 is 1.95 bits per heavy atom. The summed E-state index contributed by atoms with van der Waals surface area (Å²) in [6, 6.07) is -0.858. The lowest BCUT2D eigenvalue weighted by molar-refractivity contribution is -0.142. The minimum atomic E-state index is -2.93. The maximum Gasteiger partial charge on any atom is 0.320 e. The maximum absolute atomic E-state index is 11.9. The molecule has 2 aliphatic rings. The molecule has 252 valence electrons. The average molecular weight is 623 g/mol. The third kappa shape index (κ3) is 21.8. The number of carboxylic acids is 1. The van der Waals surface area contributed by atoms with Gasteiger partial charge in [-0.25, -0.2) is 8.42 Å². The molecule has 0 aromatic rings. The van der Waals surface area contributed by atoms with Crippen LogP contribution in [0.2, 0.25) is 0 Å². The van der Waals surface area contributed by atoms with Gasteiger partial charge < -0.3 is 26.2 Å². The van der Waals surface area contributed by atoms with E-state index < -0.39 is 21.8 Å². The van der Waals surface area contributed by atoms with E-state index in [9.17, 15) is 18.0 Å². The van der Waals surface area contributed by atoms with Crippen LogP contribution in [-0.2, 0) is 24.2 Å². The Balaban J connectivity index is -0.000000264. The molecule has 2 rings (SSSR count). The molecular formula is C31H66N4O6S. The Labute approximate surface area is 259 Å². The fourth-order valence-electron chi connectivity index (χ4n) is 4.21. The van der Waals surface area contributed by atoms with Crippen LogP contribution in [0.5, 0.6) is 0 Å². The zero-order chi connectivity index (χ0) is 33.8. The summed E-state index contributed by atoms with van der Waals surface area (Å²) in [6.45, 7) is 19.0. The zero-order valence-electron chi connectivity index (χ0n) is 28.9. The molecule has 42 heavy (non-hydrogen) atoms. The molecule has 11 heteroatoms. The number of carbonyl (C=O) groups is 2. The fourth-order valence-corrected chi connectivity index (χ4v) is 5.75. The molecule has 0 radical (unpaired) electrons. The van der Waals surface area contributed by atoms with E-state index in [1.54, 1.807) is 18.7 Å². The fraction of sp³-hybridized carbons (Fsp3) is 0.871. The number of sulfone groups is 1. The zero-order valence-corrected chi connectivity index (χ0v) is 29.7. The predicted molar refractivity (Wildman–Crippen MR) is 177 cm³/mol. The van der Waals surface area contributed by atoms with Gasteiger partial charge in [-0.05, 0) is 65.5 Å². The molecule has 2 unspecified atom stereocenters. The van der Waals surface area contributed by atoms with Crippen molar-refractivity contribution in [2.24, 2.45) is 11.7 Å². The van der Waals surface area contributed by atoms with Crippen LogP contribution in [0.3, 0.4) is 0 Å². The standard InChI is InChI=1S/C11H16N2O4.C11H23NO2S.C4H10.2C2H6.CH5N/c1-17-6-4-9(7-12-8-14)13-5-2-3-10(13)11(15)16;1-10(2)15(13,14)9-11(12-3)7-5-4-6-8-11;1-4(2)3;3*1-2/h8-10H,2-3,5,7H2,1H3,(H,12,14)(H,15,16);10,12H,4-9H2,1-3H3;4H,1-3H3;2*1-2H3;2H2,1H3. The van der Waals surface area contributed by atoms with Crippen LogP contribution in [0.25, 0.3) is 0 Å². The first-order valence-electron chi connectivity index (χ1n) is 15.5. The second-order valence-corrected chi connectivity index (χ2v) is 13.0. The number of hydrogen-bond acceptors (Lipinski definition) is 8. The molecule has 1 saturated heterocycles. The van der Waals surface area contributed by atoms with E-state index in [1.165, 1.54) is 20.6 Å². The van der Waals surface area contributed by atoms with Crippen molar-refractivity contribution in [3.8, 4) is 12.0 Å². The summed E-state index contributed by atoms with van der Waals surface area (Å²) in [5, 5.41) is 14.6. The molecular weight excluding hydrogens is 556 g/mol. The third-order valence-electron chi connectivity index (χ3n) is 6.24. The van der Waals surface area contributed by atoms with E-state index in [0.29, 0.717) is 31.7 Å². The van der Waals surface area contributed by atoms with Gasteiger partial charge in [0.1, 0.15) is 12.1 Å². The minimum absolute atomic E-state index is 0.151. The lowest BCUT2D eigenvalue weighted by Gasteiger charge is -2.37. The number of amides is 1. The lowest BCUT2D eigenvalue weighted by Crippen LogP contribution is -2.51. The molecule has 5 N–H and O–H groups in total. The van der Waals surface area contributed by atoms with E-state index in [4.69, 9.17) is 5.11 Å². The number of ether oxygens (including phenoxy) is 1. The van der Waals surface area contributed by atoms with Crippen molar-refractivity contribution >= 4 is 22.2 Å². The number of carboxylic acid groups (broad SMARTS) is 1. The number of likely N-dealkylation sites (tertiary alicyclic amines) is 1. The van der Waals surface area contributed by atoms with Gasteiger partial charge in [-0.3, -0.25) is 14.5 Å². The Bertz CT molecular complexity index is 801. The van der Waals surface area contributed by atoms with Crippen molar-refractivity contribution in [2.45, 2.75) is 130 Å². The first-order chi connectivity index (χ1) is 19.9. The molecule has 2 fully saturated rings. The topological polar surface area (TPSA) is 151 Å². The van der Waals surface area contributed by atoms with Gasteiger partial charge in [0.2, 0.25) is 6.41 Å². The summed E-state index contributed by atoms with van der Waals surface area (Å²) in [4.78, 5) is 23.1. The van der Waals surface area contributed by atoms with Crippen molar-refractivity contribution < 1.29 is 27.9 Å². The normalized spacial score (nSPS) is 17.6. The molecule has 0 spiro atoms. The summed E-state index contributed by atoms with van der Waals surface area (Å²) in [7, 11) is 1.90. The SMILES string of the molecule is CC.CC.CC(C)C.CN.CNC1(CS(=O)(=O)C(C)C)CCCCC1.COC#CC(CNC=O)N1CCCC1C(=O)O. The number of nitrogens with zero attached hydrogens (tertiary/aromatic N) is 1. The van der Waals surface area contributed by atoms with Gasteiger partial charge in [0.25, 0.3) is 0 Å². The van der Waals surface area contributed by atoms with Crippen LogP contribution in [0.1, 0.15) is 107 Å². The predicted octanol–water partition coefficient (Wildman–Crippen LogP) is 4.28. The monoisotopic (exact) mass is 622 g/mol. The van der Waals surface area contributed by atoms with Crippen molar-refractivity contribution in [1.82, 2.24) is 15.5 Å². The van der Waals surface area contributed by atoms with Crippen molar-refractivity contribution in [1.29, 1.82) is 0 Å².